The minimum atomic E-state index is -0.781. The molecule has 1 atom stereocenters. The van der Waals surface area contributed by atoms with Crippen LogP contribution in [0.25, 0.3) is 0 Å². The summed E-state index contributed by atoms with van der Waals surface area (Å²) in [4.78, 5) is 14.9. The molecule has 0 aliphatic rings. The Balaban J connectivity index is 2.25. The molecule has 6 heteroatoms. The van der Waals surface area contributed by atoms with E-state index in [9.17, 15) is 4.79 Å². The van der Waals surface area contributed by atoms with Crippen molar-refractivity contribution in [3.63, 3.8) is 0 Å². The zero-order valence-electron chi connectivity index (χ0n) is 8.47. The molecule has 1 aromatic rings. The lowest BCUT2D eigenvalue weighted by Gasteiger charge is -2.11. The predicted octanol–water partition coefficient (Wildman–Crippen LogP) is 1.69. The van der Waals surface area contributed by atoms with E-state index < -0.39 is 12.0 Å². The van der Waals surface area contributed by atoms with Gasteiger partial charge in [-0.3, -0.25) is 4.79 Å². The highest BCUT2D eigenvalue weighted by Gasteiger charge is 2.15. The normalized spacial score (nSPS) is 12.6. The van der Waals surface area contributed by atoms with Crippen LogP contribution in [0.4, 0.5) is 0 Å². The van der Waals surface area contributed by atoms with Crippen LogP contribution in [0.5, 0.6) is 0 Å². The van der Waals surface area contributed by atoms with Crippen LogP contribution < -0.4 is 5.32 Å². The zero-order chi connectivity index (χ0) is 11.1. The number of nitrogens with zero attached hydrogens (tertiary/aromatic N) is 1. The number of hydrogen-bond acceptors (Lipinski definition) is 5. The van der Waals surface area contributed by atoms with E-state index in [0.29, 0.717) is 13.0 Å². The monoisotopic (exact) mass is 246 g/mol. The van der Waals surface area contributed by atoms with Gasteiger partial charge in [-0.05, 0) is 13.0 Å². The van der Waals surface area contributed by atoms with Crippen LogP contribution >= 0.6 is 23.1 Å². The van der Waals surface area contributed by atoms with Crippen molar-refractivity contribution >= 4 is 29.1 Å². The van der Waals surface area contributed by atoms with Crippen molar-refractivity contribution < 1.29 is 9.90 Å². The predicted molar refractivity (Wildman–Crippen MR) is 62.6 cm³/mol. The molecule has 0 saturated heterocycles. The minimum absolute atomic E-state index is 0.442. The van der Waals surface area contributed by atoms with E-state index in [4.69, 9.17) is 5.11 Å². The van der Waals surface area contributed by atoms with Crippen molar-refractivity contribution in [2.24, 2.45) is 0 Å². The number of thioether (sulfide) groups is 1. The highest BCUT2D eigenvalue weighted by atomic mass is 32.2. The van der Waals surface area contributed by atoms with Gasteiger partial charge in [-0.1, -0.05) is 18.7 Å². The Morgan fingerprint density at radius 1 is 1.80 bits per heavy atom. The van der Waals surface area contributed by atoms with Crippen molar-refractivity contribution in [2.45, 2.75) is 23.7 Å². The van der Waals surface area contributed by atoms with Gasteiger partial charge in [-0.15, -0.1) is 11.3 Å². The van der Waals surface area contributed by atoms with Gasteiger partial charge in [0.15, 0.2) is 0 Å². The smallest absolute Gasteiger partial charge is 0.320 e. The summed E-state index contributed by atoms with van der Waals surface area (Å²) in [6.07, 6.45) is 2.37. The molecule has 0 aromatic carbocycles. The number of rotatable bonds is 7. The Hall–Kier alpha value is -0.590. The average molecular weight is 246 g/mol. The maximum atomic E-state index is 10.8. The van der Waals surface area contributed by atoms with Gasteiger partial charge in [-0.25, -0.2) is 4.98 Å². The summed E-state index contributed by atoms with van der Waals surface area (Å²) in [5.41, 5.74) is 0. The van der Waals surface area contributed by atoms with Gasteiger partial charge in [0, 0.05) is 17.3 Å². The van der Waals surface area contributed by atoms with Crippen LogP contribution in [0.2, 0.25) is 0 Å². The molecule has 84 valence electrons. The van der Waals surface area contributed by atoms with Gasteiger partial charge in [0.1, 0.15) is 10.4 Å². The van der Waals surface area contributed by atoms with E-state index >= 15 is 0 Å². The fourth-order valence-electron chi connectivity index (χ4n) is 1.10. The standard InChI is InChI=1S/C9H14N2O2S2/c1-2-10-7(8(12)13)3-5-14-9-11-4-6-15-9/h4,6-7,10H,2-3,5H2,1H3,(H,12,13). The van der Waals surface area contributed by atoms with E-state index in [1.165, 1.54) is 0 Å². The van der Waals surface area contributed by atoms with Crippen LogP contribution in [-0.2, 0) is 4.79 Å². The highest BCUT2D eigenvalue weighted by molar-refractivity contribution is 8.00. The molecule has 0 aliphatic carbocycles. The van der Waals surface area contributed by atoms with Crippen molar-refractivity contribution in [1.29, 1.82) is 0 Å². The van der Waals surface area contributed by atoms with Crippen molar-refractivity contribution in [2.75, 3.05) is 12.3 Å². The van der Waals surface area contributed by atoms with Gasteiger partial charge in [-0.2, -0.15) is 0 Å². The largest absolute Gasteiger partial charge is 0.480 e. The van der Waals surface area contributed by atoms with Crippen LogP contribution in [0.3, 0.4) is 0 Å². The van der Waals surface area contributed by atoms with Gasteiger partial charge >= 0.3 is 5.97 Å². The van der Waals surface area contributed by atoms with Gasteiger partial charge in [0.05, 0.1) is 0 Å². The molecule has 0 amide bonds. The number of hydrogen-bond donors (Lipinski definition) is 2. The van der Waals surface area contributed by atoms with Crippen LogP contribution in [0.1, 0.15) is 13.3 Å². The number of likely N-dealkylation sites (N-methyl/N-ethyl adjacent to an activating group) is 1. The van der Waals surface area contributed by atoms with Gasteiger partial charge in [0.2, 0.25) is 0 Å². The quantitative estimate of drug-likeness (QED) is 0.717. The Morgan fingerprint density at radius 2 is 2.60 bits per heavy atom. The molecule has 0 radical (unpaired) electrons. The Kier molecular flexibility index (Phi) is 5.67. The second-order valence-electron chi connectivity index (χ2n) is 2.88. The third-order valence-electron chi connectivity index (χ3n) is 1.79. The number of carbonyl (C=O) groups is 1. The number of nitrogens with one attached hydrogen (secondary N) is 1. The molecule has 1 aromatic heterocycles. The number of aliphatic carboxylic acids is 1. The van der Waals surface area contributed by atoms with E-state index in [2.05, 4.69) is 10.3 Å². The summed E-state index contributed by atoms with van der Waals surface area (Å²) < 4.78 is 0.996. The molecule has 0 fully saturated rings. The lowest BCUT2D eigenvalue weighted by molar-refractivity contribution is -0.139. The third kappa shape index (κ3) is 4.63. The fourth-order valence-corrected chi connectivity index (χ4v) is 2.82. The molecule has 0 bridgehead atoms. The molecular weight excluding hydrogens is 232 g/mol. The van der Waals surface area contributed by atoms with Crippen LogP contribution in [0, 0.1) is 0 Å². The van der Waals surface area contributed by atoms with Gasteiger partial charge in [0.25, 0.3) is 0 Å². The minimum Gasteiger partial charge on any atom is -0.480 e. The van der Waals surface area contributed by atoms with E-state index in [1.807, 2.05) is 12.3 Å². The number of thiazole rings is 1. The molecular formula is C9H14N2O2S2. The summed E-state index contributed by atoms with van der Waals surface area (Å²) in [6, 6.07) is -0.442. The Labute approximate surface area is 97.1 Å². The second-order valence-corrected chi connectivity index (χ2v) is 5.12. The van der Waals surface area contributed by atoms with E-state index in [-0.39, 0.29) is 0 Å². The molecule has 1 unspecified atom stereocenters. The Morgan fingerprint density at radius 3 is 3.13 bits per heavy atom. The molecule has 0 aliphatic heterocycles. The first-order chi connectivity index (χ1) is 7.24. The molecule has 2 N–H and O–H groups in total. The van der Waals surface area contributed by atoms with Crippen LogP contribution in [-0.4, -0.2) is 34.4 Å². The summed E-state index contributed by atoms with van der Waals surface area (Å²) >= 11 is 3.18. The van der Waals surface area contributed by atoms with Crippen LogP contribution in [0.15, 0.2) is 15.9 Å². The maximum Gasteiger partial charge on any atom is 0.320 e. The highest BCUT2D eigenvalue weighted by Crippen LogP contribution is 2.21. The first kappa shape index (κ1) is 12.5. The summed E-state index contributed by atoms with van der Waals surface area (Å²) in [7, 11) is 0. The molecule has 0 spiro atoms. The Bertz CT molecular complexity index is 290. The molecule has 4 nitrogen and oxygen atoms in total. The lowest BCUT2D eigenvalue weighted by atomic mass is 10.2. The first-order valence-corrected chi connectivity index (χ1v) is 6.59. The maximum absolute atomic E-state index is 10.8. The number of carboxylic acids is 1. The van der Waals surface area contributed by atoms with Gasteiger partial charge < -0.3 is 10.4 Å². The fraction of sp³-hybridized carbons (Fsp3) is 0.556. The summed E-state index contributed by atoms with van der Waals surface area (Å²) in [6.45, 7) is 2.59. The average Bonchev–Trinajstić information content (AvgIpc) is 2.69. The van der Waals surface area contributed by atoms with Crippen molar-refractivity contribution in [3.05, 3.63) is 11.6 Å². The van der Waals surface area contributed by atoms with E-state index in [0.717, 1.165) is 10.1 Å². The van der Waals surface area contributed by atoms with E-state index in [1.54, 1.807) is 29.3 Å². The SMILES string of the molecule is CCNC(CCSc1nccs1)C(=O)O. The van der Waals surface area contributed by atoms with Crippen molar-refractivity contribution in [3.8, 4) is 0 Å². The second kappa shape index (κ2) is 6.81. The third-order valence-corrected chi connectivity index (χ3v) is 3.79. The molecule has 0 saturated carbocycles. The topological polar surface area (TPSA) is 62.2 Å². The van der Waals surface area contributed by atoms with Crippen molar-refractivity contribution in [1.82, 2.24) is 10.3 Å². The summed E-state index contributed by atoms with van der Waals surface area (Å²) in [5, 5.41) is 13.7. The lowest BCUT2D eigenvalue weighted by Crippen LogP contribution is -2.36. The number of aromatic nitrogens is 1. The molecule has 1 heterocycles. The molecule has 15 heavy (non-hydrogen) atoms. The summed E-state index contributed by atoms with van der Waals surface area (Å²) in [5.74, 6) is -0.00566. The molecule has 1 rings (SSSR count). The zero-order valence-corrected chi connectivity index (χ0v) is 10.1. The first-order valence-electron chi connectivity index (χ1n) is 4.72. The number of carboxylic acid groups (broad SMARTS) is 1.